The molecule has 0 aliphatic carbocycles. The van der Waals surface area contributed by atoms with Crippen LogP contribution >= 0.6 is 0 Å². The fraction of sp³-hybridized carbons (Fsp3) is 1.00. The lowest BCUT2D eigenvalue weighted by molar-refractivity contribution is 0.222. The minimum Gasteiger partial charge on any atom is -0.397 e. The Labute approximate surface area is 45.2 Å². The Bertz CT molecular complexity index is 28.0. The third-order valence-corrected chi connectivity index (χ3v) is 1.35. The first-order valence-corrected chi connectivity index (χ1v) is 3.18. The van der Waals surface area contributed by atoms with Crippen molar-refractivity contribution in [3.63, 3.8) is 0 Å². The summed E-state index contributed by atoms with van der Waals surface area (Å²) in [6, 6.07) is 0. The Morgan fingerprint density at radius 2 is 1.67 bits per heavy atom. The largest absolute Gasteiger partial charge is 0.397 e. The molecular formula is C3H9AlO2. The van der Waals surface area contributed by atoms with Crippen LogP contribution < -0.4 is 0 Å². The summed E-state index contributed by atoms with van der Waals surface area (Å²) in [6.07, 6.45) is 0. The van der Waals surface area contributed by atoms with Gasteiger partial charge in [-0.05, 0) is 4.78 Å². The van der Waals surface area contributed by atoms with Crippen molar-refractivity contribution in [3.05, 3.63) is 0 Å². The molecule has 0 atom stereocenters. The summed E-state index contributed by atoms with van der Waals surface area (Å²) in [5, 5.41) is 16.4. The number of aliphatic hydroxyl groups excluding tert-OH is 2. The fourth-order valence-corrected chi connectivity index (χ4v) is 0.0577. The van der Waals surface area contributed by atoms with Crippen LogP contribution in [-0.2, 0) is 0 Å². The van der Waals surface area contributed by atoms with Gasteiger partial charge in [0.25, 0.3) is 0 Å². The average Bonchev–Trinajstić information content (AvgIpc) is 1.65. The lowest BCUT2D eigenvalue weighted by Crippen LogP contribution is -2.02. The lowest BCUT2D eigenvalue weighted by atomic mass is 10.5. The number of aliphatic hydroxyl groups is 2. The molecule has 2 nitrogen and oxygen atoms in total. The van der Waals surface area contributed by atoms with E-state index in [4.69, 9.17) is 10.2 Å². The summed E-state index contributed by atoms with van der Waals surface area (Å²) in [5.74, 6) is 0. The Kier molecular flexibility index (Phi) is 3.91. The molecule has 0 amide bonds. The van der Waals surface area contributed by atoms with E-state index >= 15 is 0 Å². The number of rotatable bonds is 2. The van der Waals surface area contributed by atoms with E-state index < -0.39 is 0 Å². The van der Waals surface area contributed by atoms with E-state index in [-0.39, 0.29) is 18.0 Å². The average molecular weight is 104 g/mol. The summed E-state index contributed by atoms with van der Waals surface area (Å²) in [7, 11) is 0. The maximum Gasteiger partial charge on any atom is 0.223 e. The Morgan fingerprint density at radius 1 is 1.33 bits per heavy atom. The van der Waals surface area contributed by atoms with Crippen LogP contribution in [0.2, 0.25) is 4.78 Å². The van der Waals surface area contributed by atoms with E-state index in [1.54, 1.807) is 0 Å². The van der Waals surface area contributed by atoms with Crippen LogP contribution in [0, 0.1) is 0 Å². The van der Waals surface area contributed by atoms with Crippen molar-refractivity contribution in [1.82, 2.24) is 0 Å². The Morgan fingerprint density at radius 3 is 1.67 bits per heavy atom. The van der Waals surface area contributed by atoms with Gasteiger partial charge in [-0.2, -0.15) is 0 Å². The highest BCUT2D eigenvalue weighted by molar-refractivity contribution is 6.11. The highest BCUT2D eigenvalue weighted by atomic mass is 27.0. The molecule has 0 heterocycles. The van der Waals surface area contributed by atoms with Crippen molar-refractivity contribution in [2.24, 2.45) is 0 Å². The molecule has 0 bridgehead atoms. The molecule has 36 valence electrons. The second-order valence-corrected chi connectivity index (χ2v) is 3.10. The van der Waals surface area contributed by atoms with Crippen LogP contribution in [-0.4, -0.2) is 39.7 Å². The molecule has 0 aromatic carbocycles. The molecule has 3 heteroatoms. The zero-order chi connectivity index (χ0) is 4.99. The van der Waals surface area contributed by atoms with Crippen molar-refractivity contribution in [2.75, 3.05) is 13.2 Å². The van der Waals surface area contributed by atoms with E-state index in [9.17, 15) is 0 Å². The maximum atomic E-state index is 8.21. The summed E-state index contributed by atoms with van der Waals surface area (Å²) in [5.41, 5.74) is 0. The van der Waals surface area contributed by atoms with Crippen LogP contribution in [0.3, 0.4) is 0 Å². The molecule has 6 heavy (non-hydrogen) atoms. The molecule has 0 rings (SSSR count). The van der Waals surface area contributed by atoms with Crippen LogP contribution in [0.1, 0.15) is 0 Å². The summed E-state index contributed by atoms with van der Waals surface area (Å²) >= 11 is 0.890. The molecule has 0 aromatic rings. The first-order valence-electron chi connectivity index (χ1n) is 2.03. The Hall–Kier alpha value is 0.452. The van der Waals surface area contributed by atoms with E-state index in [1.165, 1.54) is 0 Å². The zero-order valence-corrected chi connectivity index (χ0v) is 5.89. The topological polar surface area (TPSA) is 40.5 Å². The van der Waals surface area contributed by atoms with Gasteiger partial charge in [-0.15, -0.1) is 0 Å². The number of hydrogen-bond donors (Lipinski definition) is 2. The van der Waals surface area contributed by atoms with Crippen molar-refractivity contribution < 1.29 is 10.2 Å². The lowest BCUT2D eigenvalue weighted by Gasteiger charge is -1.97. The van der Waals surface area contributed by atoms with Crippen molar-refractivity contribution in [2.45, 2.75) is 4.78 Å². The molecule has 0 spiro atoms. The molecule has 0 aliphatic rings. The van der Waals surface area contributed by atoms with Gasteiger partial charge in [-0.1, -0.05) is 0 Å². The minimum absolute atomic E-state index is 0.142. The van der Waals surface area contributed by atoms with E-state index in [2.05, 4.69) is 0 Å². The van der Waals surface area contributed by atoms with E-state index in [0.717, 1.165) is 16.3 Å². The quantitative estimate of drug-likeness (QED) is 0.414. The number of hydrogen-bond acceptors (Lipinski definition) is 2. The molecule has 0 saturated carbocycles. The molecule has 2 N–H and O–H groups in total. The van der Waals surface area contributed by atoms with Crippen molar-refractivity contribution in [1.29, 1.82) is 0 Å². The summed E-state index contributed by atoms with van der Waals surface area (Å²) in [6.45, 7) is 0.283. The first kappa shape index (κ1) is 6.45. The molecular weight excluding hydrogens is 95.0 g/mol. The van der Waals surface area contributed by atoms with Gasteiger partial charge in [0, 0.05) is 13.2 Å². The second-order valence-electron chi connectivity index (χ2n) is 1.47. The van der Waals surface area contributed by atoms with Gasteiger partial charge in [0.2, 0.25) is 16.3 Å². The smallest absolute Gasteiger partial charge is 0.223 e. The van der Waals surface area contributed by atoms with Gasteiger partial charge in [0.15, 0.2) is 0 Å². The molecule has 0 radical (unpaired) electrons. The summed E-state index contributed by atoms with van der Waals surface area (Å²) < 4.78 is 0.185. The van der Waals surface area contributed by atoms with Crippen molar-refractivity contribution in [3.8, 4) is 0 Å². The van der Waals surface area contributed by atoms with E-state index in [0.29, 0.717) is 0 Å². The molecule has 0 aliphatic heterocycles. The van der Waals surface area contributed by atoms with Crippen LogP contribution in [0.5, 0.6) is 0 Å². The Balaban J connectivity index is 2.75. The maximum absolute atomic E-state index is 8.21. The van der Waals surface area contributed by atoms with Gasteiger partial charge in [-0.25, -0.2) is 0 Å². The van der Waals surface area contributed by atoms with E-state index in [1.807, 2.05) is 0 Å². The molecule has 0 unspecified atom stereocenters. The van der Waals surface area contributed by atoms with Gasteiger partial charge in [-0.3, -0.25) is 0 Å². The molecule has 0 saturated heterocycles. The second kappa shape index (κ2) is 3.64. The third-order valence-electron chi connectivity index (χ3n) is 0.623. The minimum atomic E-state index is 0.142. The fourth-order valence-electron chi connectivity index (χ4n) is 0.0577. The monoisotopic (exact) mass is 104 g/mol. The van der Waals surface area contributed by atoms with Crippen LogP contribution in [0.15, 0.2) is 0 Å². The predicted molar refractivity (Wildman–Crippen MR) is 26.5 cm³/mol. The predicted octanol–water partition coefficient (Wildman–Crippen LogP) is -1.61. The zero-order valence-electron chi connectivity index (χ0n) is 3.89. The van der Waals surface area contributed by atoms with Crippen molar-refractivity contribution >= 4 is 16.3 Å². The van der Waals surface area contributed by atoms with Gasteiger partial charge >= 0.3 is 0 Å². The summed E-state index contributed by atoms with van der Waals surface area (Å²) in [4.78, 5) is 0. The molecule has 0 aromatic heterocycles. The van der Waals surface area contributed by atoms with Gasteiger partial charge < -0.3 is 10.2 Å². The SMILES string of the molecule is OC[CH]([AlH2])CO. The molecule has 0 fully saturated rings. The standard InChI is InChI=1S/C3H7O2.Al.2H/c4-2-1-3-5;;;/h1,4-5H,2-3H2;;;. The van der Waals surface area contributed by atoms with Gasteiger partial charge in [0.05, 0.1) is 0 Å². The van der Waals surface area contributed by atoms with Crippen LogP contribution in [0.4, 0.5) is 0 Å². The van der Waals surface area contributed by atoms with Gasteiger partial charge in [0.1, 0.15) is 0 Å². The highest BCUT2D eigenvalue weighted by Gasteiger charge is 1.92. The third kappa shape index (κ3) is 2.68. The highest BCUT2D eigenvalue weighted by Crippen LogP contribution is 1.89. The van der Waals surface area contributed by atoms with Crippen LogP contribution in [0.25, 0.3) is 0 Å². The first-order chi connectivity index (χ1) is 2.81. The normalized spacial score (nSPS) is 9.83.